The van der Waals surface area contributed by atoms with Crippen molar-refractivity contribution in [1.82, 2.24) is 10.6 Å². The van der Waals surface area contributed by atoms with E-state index in [-0.39, 0.29) is 18.2 Å². The maximum atomic E-state index is 12.2. The van der Waals surface area contributed by atoms with Gasteiger partial charge in [0, 0.05) is 18.1 Å². The van der Waals surface area contributed by atoms with Gasteiger partial charge in [0.15, 0.2) is 0 Å². The number of amides is 2. The molecule has 2 N–H and O–H groups in total. The van der Waals surface area contributed by atoms with Gasteiger partial charge in [-0.1, -0.05) is 18.2 Å². The van der Waals surface area contributed by atoms with Crippen LogP contribution in [-0.4, -0.2) is 32.9 Å². The van der Waals surface area contributed by atoms with Crippen LogP contribution in [-0.2, 0) is 6.42 Å². The van der Waals surface area contributed by atoms with Gasteiger partial charge in [0.1, 0.15) is 23.4 Å². The summed E-state index contributed by atoms with van der Waals surface area (Å²) in [6.07, 6.45) is 0.766. The zero-order valence-electron chi connectivity index (χ0n) is 15.2. The van der Waals surface area contributed by atoms with E-state index < -0.39 is 0 Å². The van der Waals surface area contributed by atoms with E-state index in [2.05, 4.69) is 10.6 Å². The lowest BCUT2D eigenvalue weighted by Crippen LogP contribution is -2.41. The van der Waals surface area contributed by atoms with E-state index >= 15 is 0 Å². The maximum absolute atomic E-state index is 12.2. The third-order valence-electron chi connectivity index (χ3n) is 4.46. The highest BCUT2D eigenvalue weighted by molar-refractivity contribution is 5.74. The lowest BCUT2D eigenvalue weighted by atomic mass is 10.1. The average Bonchev–Trinajstić information content (AvgIpc) is 3.08. The minimum atomic E-state index is -0.241. The number of nitrogens with one attached hydrogen (secondary N) is 2. The number of methoxy groups -OCH3 is 2. The van der Waals surface area contributed by atoms with Gasteiger partial charge in [-0.2, -0.15) is 0 Å². The van der Waals surface area contributed by atoms with Crippen molar-refractivity contribution in [2.75, 3.05) is 20.8 Å². The summed E-state index contributed by atoms with van der Waals surface area (Å²) in [5.41, 5.74) is 2.06. The lowest BCUT2D eigenvalue weighted by molar-refractivity contribution is 0.212. The first-order valence-corrected chi connectivity index (χ1v) is 8.61. The number of carbonyl (C=O) groups is 1. The number of urea groups is 1. The Balaban J connectivity index is 1.52. The molecule has 2 amide bonds. The van der Waals surface area contributed by atoms with E-state index in [9.17, 15) is 4.79 Å². The smallest absolute Gasteiger partial charge is 0.315 e. The molecule has 2 atom stereocenters. The Bertz CT molecular complexity index is 753. The topological polar surface area (TPSA) is 68.8 Å². The fraction of sp³-hybridized carbons (Fsp3) is 0.350. The highest BCUT2D eigenvalue weighted by atomic mass is 16.5. The van der Waals surface area contributed by atoms with Crippen molar-refractivity contribution in [3.8, 4) is 17.2 Å². The molecule has 1 aliphatic heterocycles. The summed E-state index contributed by atoms with van der Waals surface area (Å²) in [6, 6.07) is 13.0. The highest BCUT2D eigenvalue weighted by Crippen LogP contribution is 2.29. The van der Waals surface area contributed by atoms with Gasteiger partial charge in [-0.3, -0.25) is 0 Å². The van der Waals surface area contributed by atoms with Crippen LogP contribution in [0, 0.1) is 0 Å². The summed E-state index contributed by atoms with van der Waals surface area (Å²) in [4.78, 5) is 12.2. The number of hydrogen-bond acceptors (Lipinski definition) is 4. The molecule has 2 aromatic rings. The van der Waals surface area contributed by atoms with E-state index in [1.165, 1.54) is 5.56 Å². The Morgan fingerprint density at radius 2 is 2.04 bits per heavy atom. The molecule has 0 aliphatic carbocycles. The van der Waals surface area contributed by atoms with Gasteiger partial charge in [0.05, 0.1) is 26.8 Å². The minimum Gasteiger partial charge on any atom is -0.497 e. The zero-order chi connectivity index (χ0) is 18.5. The third kappa shape index (κ3) is 4.02. The molecule has 2 aromatic carbocycles. The number of hydrogen-bond donors (Lipinski definition) is 2. The number of para-hydroxylation sites is 1. The first-order chi connectivity index (χ1) is 12.6. The molecule has 0 bridgehead atoms. The van der Waals surface area contributed by atoms with Crippen LogP contribution in [0.4, 0.5) is 4.79 Å². The molecule has 6 nitrogen and oxygen atoms in total. The van der Waals surface area contributed by atoms with Crippen molar-refractivity contribution < 1.29 is 19.0 Å². The monoisotopic (exact) mass is 356 g/mol. The summed E-state index contributed by atoms with van der Waals surface area (Å²) < 4.78 is 16.4. The van der Waals surface area contributed by atoms with Crippen LogP contribution in [0.15, 0.2) is 42.5 Å². The predicted molar refractivity (Wildman–Crippen MR) is 99.1 cm³/mol. The first kappa shape index (κ1) is 17.9. The normalized spacial score (nSPS) is 16.2. The molecule has 0 unspecified atom stereocenters. The van der Waals surface area contributed by atoms with Crippen LogP contribution in [0.5, 0.6) is 17.2 Å². The van der Waals surface area contributed by atoms with Gasteiger partial charge in [-0.05, 0) is 30.7 Å². The second-order valence-corrected chi connectivity index (χ2v) is 6.24. The summed E-state index contributed by atoms with van der Waals surface area (Å²) in [5, 5.41) is 5.81. The molecule has 138 valence electrons. The molecule has 1 aliphatic rings. The van der Waals surface area contributed by atoms with Gasteiger partial charge in [-0.15, -0.1) is 0 Å². The number of carbonyl (C=O) groups excluding carboxylic acids is 1. The zero-order valence-corrected chi connectivity index (χ0v) is 15.2. The summed E-state index contributed by atoms with van der Waals surface area (Å²) >= 11 is 0. The molecule has 0 radical (unpaired) electrons. The quantitative estimate of drug-likeness (QED) is 0.835. The van der Waals surface area contributed by atoms with Crippen molar-refractivity contribution in [3.63, 3.8) is 0 Å². The van der Waals surface area contributed by atoms with Crippen molar-refractivity contribution in [2.45, 2.75) is 25.5 Å². The number of benzene rings is 2. The molecule has 0 aromatic heterocycles. The van der Waals surface area contributed by atoms with Gasteiger partial charge >= 0.3 is 6.03 Å². The minimum absolute atomic E-state index is 0.0380. The van der Waals surface area contributed by atoms with Crippen LogP contribution in [0.2, 0.25) is 0 Å². The summed E-state index contributed by atoms with van der Waals surface area (Å²) in [6.45, 7) is 2.36. The van der Waals surface area contributed by atoms with E-state index in [4.69, 9.17) is 14.2 Å². The summed E-state index contributed by atoms with van der Waals surface area (Å²) in [5.74, 6) is 2.28. The Morgan fingerprint density at radius 3 is 2.77 bits per heavy atom. The van der Waals surface area contributed by atoms with E-state index in [0.717, 1.165) is 17.7 Å². The van der Waals surface area contributed by atoms with Gasteiger partial charge in [-0.25, -0.2) is 4.79 Å². The molecular formula is C20H24N2O4. The molecular weight excluding hydrogens is 332 g/mol. The first-order valence-electron chi connectivity index (χ1n) is 8.61. The second kappa shape index (κ2) is 7.99. The number of ether oxygens (including phenoxy) is 3. The lowest BCUT2D eigenvalue weighted by Gasteiger charge is -2.19. The number of rotatable bonds is 6. The molecule has 3 rings (SSSR count). The van der Waals surface area contributed by atoms with Gasteiger partial charge in [0.25, 0.3) is 0 Å². The Labute approximate surface area is 153 Å². The molecule has 6 heteroatoms. The van der Waals surface area contributed by atoms with Crippen molar-refractivity contribution in [1.29, 1.82) is 0 Å². The predicted octanol–water partition coefficient (Wildman–Crippen LogP) is 3.07. The van der Waals surface area contributed by atoms with Crippen LogP contribution in [0.25, 0.3) is 0 Å². The van der Waals surface area contributed by atoms with E-state index in [1.54, 1.807) is 20.3 Å². The SMILES string of the molecule is COc1ccc([C@@H](C)NC(=O)NC[C@@H]2Cc3ccccc3O2)c(OC)c1. The fourth-order valence-corrected chi connectivity index (χ4v) is 3.08. The molecule has 1 heterocycles. The Hall–Kier alpha value is -2.89. The van der Waals surface area contributed by atoms with Gasteiger partial charge < -0.3 is 24.8 Å². The van der Waals surface area contributed by atoms with E-state index in [0.29, 0.717) is 18.0 Å². The molecule has 0 saturated heterocycles. The van der Waals surface area contributed by atoms with Crippen LogP contribution >= 0.6 is 0 Å². The van der Waals surface area contributed by atoms with Crippen molar-refractivity contribution in [3.05, 3.63) is 53.6 Å². The highest BCUT2D eigenvalue weighted by Gasteiger charge is 2.23. The van der Waals surface area contributed by atoms with Gasteiger partial charge in [0.2, 0.25) is 0 Å². The molecule has 0 saturated carbocycles. The molecule has 0 fully saturated rings. The van der Waals surface area contributed by atoms with Crippen LogP contribution in [0.1, 0.15) is 24.1 Å². The number of fused-ring (bicyclic) bond motifs is 1. The van der Waals surface area contributed by atoms with Crippen LogP contribution < -0.4 is 24.8 Å². The third-order valence-corrected chi connectivity index (χ3v) is 4.46. The maximum Gasteiger partial charge on any atom is 0.315 e. The van der Waals surface area contributed by atoms with E-state index in [1.807, 2.05) is 43.3 Å². The average molecular weight is 356 g/mol. The van der Waals surface area contributed by atoms with Crippen molar-refractivity contribution in [2.24, 2.45) is 0 Å². The Morgan fingerprint density at radius 1 is 1.23 bits per heavy atom. The standard InChI is InChI=1S/C20H24N2O4/c1-13(17-9-8-15(24-2)11-19(17)25-3)22-20(23)21-12-16-10-14-6-4-5-7-18(14)26-16/h4-9,11,13,16H,10,12H2,1-3H3,(H2,21,22,23)/t13-,16+/m1/s1. The molecule has 0 spiro atoms. The summed E-state index contributed by atoms with van der Waals surface area (Å²) in [7, 11) is 3.20. The fourth-order valence-electron chi connectivity index (χ4n) is 3.08. The van der Waals surface area contributed by atoms with Crippen LogP contribution in [0.3, 0.4) is 0 Å². The van der Waals surface area contributed by atoms with Crippen molar-refractivity contribution >= 4 is 6.03 Å². The Kier molecular flexibility index (Phi) is 5.51. The second-order valence-electron chi connectivity index (χ2n) is 6.24. The largest absolute Gasteiger partial charge is 0.497 e. The molecule has 26 heavy (non-hydrogen) atoms.